The van der Waals surface area contributed by atoms with E-state index in [0.717, 1.165) is 12.0 Å². The van der Waals surface area contributed by atoms with Crippen molar-refractivity contribution in [2.75, 3.05) is 0 Å². The molecule has 0 radical (unpaired) electrons. The normalized spacial score (nSPS) is 25.3. The van der Waals surface area contributed by atoms with Crippen LogP contribution < -0.4 is 0 Å². The Labute approximate surface area is 138 Å². The van der Waals surface area contributed by atoms with E-state index in [9.17, 15) is 19.8 Å². The summed E-state index contributed by atoms with van der Waals surface area (Å²) in [5, 5.41) is 20.5. The first-order chi connectivity index (χ1) is 10.6. The van der Waals surface area contributed by atoms with Gasteiger partial charge >= 0.3 is 5.97 Å². The van der Waals surface area contributed by atoms with Crippen molar-refractivity contribution in [1.29, 1.82) is 0 Å². The summed E-state index contributed by atoms with van der Waals surface area (Å²) in [7, 11) is 0. The number of hydrogen-bond acceptors (Lipinski definition) is 3. The fraction of sp³-hybridized carbons (Fsp3) is 0.579. The molecule has 2 N–H and O–H groups in total. The molecular weight excluding hydrogens is 292 g/mol. The van der Waals surface area contributed by atoms with Gasteiger partial charge in [0, 0.05) is 17.4 Å². The molecule has 0 heterocycles. The molecule has 4 heteroatoms. The summed E-state index contributed by atoms with van der Waals surface area (Å²) in [6, 6.07) is 0. The number of aliphatic hydroxyl groups is 1. The fourth-order valence-corrected chi connectivity index (χ4v) is 3.20. The number of hydrogen-bond donors (Lipinski definition) is 2. The molecule has 23 heavy (non-hydrogen) atoms. The molecule has 0 amide bonds. The van der Waals surface area contributed by atoms with Crippen molar-refractivity contribution in [3.05, 3.63) is 34.9 Å². The summed E-state index contributed by atoms with van der Waals surface area (Å²) in [6.45, 7) is 9.26. The van der Waals surface area contributed by atoms with Crippen LogP contribution in [-0.2, 0) is 9.59 Å². The minimum absolute atomic E-state index is 0.00896. The van der Waals surface area contributed by atoms with E-state index in [4.69, 9.17) is 0 Å². The number of rotatable bonds is 6. The highest BCUT2D eigenvalue weighted by molar-refractivity contribution is 5.93. The van der Waals surface area contributed by atoms with E-state index in [1.165, 1.54) is 6.08 Å². The Morgan fingerprint density at radius 3 is 2.39 bits per heavy atom. The minimum Gasteiger partial charge on any atom is -0.478 e. The van der Waals surface area contributed by atoms with Crippen LogP contribution in [0.25, 0.3) is 0 Å². The van der Waals surface area contributed by atoms with Crippen LogP contribution >= 0.6 is 0 Å². The van der Waals surface area contributed by atoms with Crippen molar-refractivity contribution in [2.24, 2.45) is 5.41 Å². The SMILES string of the molecule is CCCC(C=CC1(O)C(C)=CC(=O)CC1(C)C)=C(CC)C(=O)O. The Balaban J connectivity index is 3.34. The molecule has 0 aromatic carbocycles. The Morgan fingerprint density at radius 2 is 1.96 bits per heavy atom. The second kappa shape index (κ2) is 7.26. The van der Waals surface area contributed by atoms with Gasteiger partial charge < -0.3 is 10.2 Å². The Kier molecular flexibility index (Phi) is 6.11. The second-order valence-corrected chi connectivity index (χ2v) is 6.87. The van der Waals surface area contributed by atoms with Gasteiger partial charge in [-0.3, -0.25) is 4.79 Å². The number of carbonyl (C=O) groups excluding carboxylic acids is 1. The van der Waals surface area contributed by atoms with Gasteiger partial charge in [0.2, 0.25) is 0 Å². The average molecular weight is 320 g/mol. The van der Waals surface area contributed by atoms with Crippen molar-refractivity contribution in [3.8, 4) is 0 Å². The van der Waals surface area contributed by atoms with Crippen LogP contribution in [0.1, 0.15) is 60.3 Å². The van der Waals surface area contributed by atoms with E-state index in [-0.39, 0.29) is 12.2 Å². The number of carboxylic acid groups (broad SMARTS) is 1. The third kappa shape index (κ3) is 3.99. The van der Waals surface area contributed by atoms with E-state index in [1.807, 2.05) is 27.7 Å². The van der Waals surface area contributed by atoms with Gasteiger partial charge in [0.05, 0.1) is 0 Å². The first kappa shape index (κ1) is 19.4. The Bertz CT molecular complexity index is 578. The van der Waals surface area contributed by atoms with Crippen LogP contribution in [0.5, 0.6) is 0 Å². The van der Waals surface area contributed by atoms with Gasteiger partial charge in [-0.15, -0.1) is 0 Å². The van der Waals surface area contributed by atoms with E-state index in [0.29, 0.717) is 24.0 Å². The quantitative estimate of drug-likeness (QED) is 0.576. The summed E-state index contributed by atoms with van der Waals surface area (Å²) in [6.07, 6.45) is 7.04. The monoisotopic (exact) mass is 320 g/mol. The van der Waals surface area contributed by atoms with Crippen LogP contribution in [0.3, 0.4) is 0 Å². The average Bonchev–Trinajstić information content (AvgIpc) is 2.42. The highest BCUT2D eigenvalue weighted by Crippen LogP contribution is 2.44. The molecule has 4 nitrogen and oxygen atoms in total. The molecule has 1 aliphatic rings. The van der Waals surface area contributed by atoms with Crippen molar-refractivity contribution in [3.63, 3.8) is 0 Å². The molecule has 0 aliphatic heterocycles. The number of carbonyl (C=O) groups is 2. The van der Waals surface area contributed by atoms with E-state index < -0.39 is 17.0 Å². The lowest BCUT2D eigenvalue weighted by Crippen LogP contribution is -2.48. The lowest BCUT2D eigenvalue weighted by molar-refractivity contribution is -0.132. The van der Waals surface area contributed by atoms with Crippen LogP contribution in [0, 0.1) is 5.41 Å². The molecule has 0 bridgehead atoms. The predicted molar refractivity (Wildman–Crippen MR) is 91.1 cm³/mol. The van der Waals surface area contributed by atoms with Gasteiger partial charge in [-0.05, 0) is 43.1 Å². The molecule has 0 saturated heterocycles. The lowest BCUT2D eigenvalue weighted by Gasteiger charge is -2.44. The number of carboxylic acids is 1. The minimum atomic E-state index is -1.25. The van der Waals surface area contributed by atoms with Crippen LogP contribution in [0.4, 0.5) is 0 Å². The zero-order valence-corrected chi connectivity index (χ0v) is 14.8. The van der Waals surface area contributed by atoms with Gasteiger partial charge in [-0.2, -0.15) is 0 Å². The zero-order valence-electron chi connectivity index (χ0n) is 14.8. The molecule has 0 aromatic rings. The van der Waals surface area contributed by atoms with Gasteiger partial charge in [0.25, 0.3) is 0 Å². The maximum Gasteiger partial charge on any atom is 0.331 e. The van der Waals surface area contributed by atoms with Crippen LogP contribution in [-0.4, -0.2) is 27.6 Å². The molecule has 1 unspecified atom stereocenters. The van der Waals surface area contributed by atoms with Crippen LogP contribution in [0.2, 0.25) is 0 Å². The zero-order chi connectivity index (χ0) is 17.8. The molecular formula is C19H28O4. The molecule has 0 saturated carbocycles. The maximum atomic E-state index is 11.8. The summed E-state index contributed by atoms with van der Waals surface area (Å²) >= 11 is 0. The number of allylic oxidation sites excluding steroid dienone is 3. The largest absolute Gasteiger partial charge is 0.478 e. The third-order valence-electron chi connectivity index (χ3n) is 4.67. The Morgan fingerprint density at radius 1 is 1.35 bits per heavy atom. The summed E-state index contributed by atoms with van der Waals surface area (Å²) in [4.78, 5) is 23.2. The Hall–Kier alpha value is -1.68. The summed E-state index contributed by atoms with van der Waals surface area (Å²) in [5.41, 5.74) is -0.183. The van der Waals surface area contributed by atoms with Crippen LogP contribution in [0.15, 0.2) is 34.9 Å². The van der Waals surface area contributed by atoms with E-state index in [1.54, 1.807) is 19.1 Å². The molecule has 0 spiro atoms. The van der Waals surface area contributed by atoms with Crippen molar-refractivity contribution in [2.45, 2.75) is 65.9 Å². The predicted octanol–water partition coefficient (Wildman–Crippen LogP) is 3.81. The smallest absolute Gasteiger partial charge is 0.331 e. The second-order valence-electron chi connectivity index (χ2n) is 6.87. The molecule has 1 aliphatic carbocycles. The molecule has 1 atom stereocenters. The van der Waals surface area contributed by atoms with E-state index >= 15 is 0 Å². The molecule has 1 rings (SSSR count). The molecule has 0 fully saturated rings. The highest BCUT2D eigenvalue weighted by Gasteiger charge is 2.46. The number of aliphatic carboxylic acids is 1. The van der Waals surface area contributed by atoms with Gasteiger partial charge in [-0.25, -0.2) is 4.79 Å². The summed E-state index contributed by atoms with van der Waals surface area (Å²) < 4.78 is 0. The summed E-state index contributed by atoms with van der Waals surface area (Å²) in [5.74, 6) is -0.910. The van der Waals surface area contributed by atoms with E-state index in [2.05, 4.69) is 0 Å². The molecule has 128 valence electrons. The first-order valence-corrected chi connectivity index (χ1v) is 8.17. The topological polar surface area (TPSA) is 74.6 Å². The van der Waals surface area contributed by atoms with Crippen molar-refractivity contribution >= 4 is 11.8 Å². The third-order valence-corrected chi connectivity index (χ3v) is 4.67. The number of ketones is 1. The van der Waals surface area contributed by atoms with Gasteiger partial charge in [0.15, 0.2) is 5.78 Å². The lowest BCUT2D eigenvalue weighted by atomic mass is 9.64. The van der Waals surface area contributed by atoms with Gasteiger partial charge in [0.1, 0.15) is 5.60 Å². The highest BCUT2D eigenvalue weighted by atomic mass is 16.4. The maximum absolute atomic E-state index is 11.8. The van der Waals surface area contributed by atoms with Gasteiger partial charge in [-0.1, -0.05) is 40.2 Å². The first-order valence-electron chi connectivity index (χ1n) is 8.17. The molecule has 0 aromatic heterocycles. The van der Waals surface area contributed by atoms with Crippen molar-refractivity contribution < 1.29 is 19.8 Å². The fourth-order valence-electron chi connectivity index (χ4n) is 3.20. The standard InChI is InChI=1S/C19H28O4/c1-6-8-14(16(7-2)17(21)22)9-10-19(23)13(3)11-15(20)12-18(19,4)5/h9-11,23H,6-8,12H2,1-5H3,(H,21,22). The van der Waals surface area contributed by atoms with Crippen molar-refractivity contribution in [1.82, 2.24) is 0 Å².